The molecule has 0 unspecified atom stereocenters. The number of rotatable bonds is 7. The van der Waals surface area contributed by atoms with Gasteiger partial charge in [0.15, 0.2) is 0 Å². The predicted molar refractivity (Wildman–Crippen MR) is 135 cm³/mol. The van der Waals surface area contributed by atoms with Crippen molar-refractivity contribution in [1.82, 2.24) is 14.8 Å². The molecule has 1 fully saturated rings. The third-order valence-electron chi connectivity index (χ3n) is 6.36. The van der Waals surface area contributed by atoms with Gasteiger partial charge in [-0.3, -0.25) is 4.68 Å². The van der Waals surface area contributed by atoms with Crippen molar-refractivity contribution in [3.63, 3.8) is 0 Å². The van der Waals surface area contributed by atoms with Crippen molar-refractivity contribution in [2.75, 3.05) is 12.4 Å². The highest BCUT2D eigenvalue weighted by Gasteiger charge is 2.18. The smallest absolute Gasteiger partial charge is 0.137 e. The standard InChI is InChI=1S/C28H30N4O/c1-33-24-15-12-22(13-16-24)20-32-26-18-19-29-28(30-23-10-6-3-7-11-23)27(26)25(31-32)17-14-21-8-4-2-5-9-21/h2,4-5,8-9,12-19,23H,3,6-7,10-11,20H2,1H3,(H,29,30)/b17-14+. The maximum atomic E-state index is 5.31. The molecule has 1 aliphatic carbocycles. The molecular formula is C28H30N4O. The molecule has 2 aromatic heterocycles. The van der Waals surface area contributed by atoms with Crippen molar-refractivity contribution < 1.29 is 4.74 Å². The third kappa shape index (κ3) is 4.92. The number of hydrogen-bond donors (Lipinski definition) is 1. The Kier molecular flexibility index (Phi) is 6.38. The first kappa shape index (κ1) is 21.3. The summed E-state index contributed by atoms with van der Waals surface area (Å²) in [5.74, 6) is 1.80. The zero-order valence-corrected chi connectivity index (χ0v) is 19.1. The number of ether oxygens (including phenoxy) is 1. The van der Waals surface area contributed by atoms with E-state index < -0.39 is 0 Å². The minimum absolute atomic E-state index is 0.479. The van der Waals surface area contributed by atoms with Crippen molar-refractivity contribution >= 4 is 28.9 Å². The van der Waals surface area contributed by atoms with Crippen LogP contribution in [-0.2, 0) is 6.54 Å². The molecule has 33 heavy (non-hydrogen) atoms. The quantitative estimate of drug-likeness (QED) is 0.363. The van der Waals surface area contributed by atoms with Gasteiger partial charge in [-0.25, -0.2) is 4.98 Å². The Hall–Kier alpha value is -3.60. The van der Waals surface area contributed by atoms with Crippen molar-refractivity contribution in [3.8, 4) is 5.75 Å². The number of benzene rings is 2. The van der Waals surface area contributed by atoms with E-state index in [1.807, 2.05) is 24.4 Å². The Morgan fingerprint density at radius 2 is 1.76 bits per heavy atom. The van der Waals surface area contributed by atoms with Crippen LogP contribution < -0.4 is 10.1 Å². The summed E-state index contributed by atoms with van der Waals surface area (Å²) in [4.78, 5) is 4.74. The molecule has 5 heteroatoms. The number of anilines is 1. The second-order valence-electron chi connectivity index (χ2n) is 8.67. The van der Waals surface area contributed by atoms with Crippen LogP contribution in [0.15, 0.2) is 66.9 Å². The normalized spacial score (nSPS) is 14.7. The van der Waals surface area contributed by atoms with Gasteiger partial charge in [0, 0.05) is 12.2 Å². The molecule has 0 saturated heterocycles. The SMILES string of the molecule is COc1ccc(Cn2nc(/C=C/c3ccccc3)c3c(NC4CCCCC4)nccc32)cc1. The number of aromatic nitrogens is 3. The fourth-order valence-electron chi connectivity index (χ4n) is 4.58. The molecule has 5 rings (SSSR count). The van der Waals surface area contributed by atoms with E-state index in [-0.39, 0.29) is 0 Å². The summed E-state index contributed by atoms with van der Waals surface area (Å²) >= 11 is 0. The lowest BCUT2D eigenvalue weighted by Gasteiger charge is -2.23. The fraction of sp³-hybridized carbons (Fsp3) is 0.286. The topological polar surface area (TPSA) is 52.0 Å². The number of hydrogen-bond acceptors (Lipinski definition) is 4. The number of nitrogens with zero attached hydrogens (tertiary/aromatic N) is 3. The molecular weight excluding hydrogens is 408 g/mol. The summed E-state index contributed by atoms with van der Waals surface area (Å²) in [7, 11) is 1.69. The fourth-order valence-corrected chi connectivity index (χ4v) is 4.58. The average molecular weight is 439 g/mol. The van der Waals surface area contributed by atoms with E-state index in [0.717, 1.165) is 33.7 Å². The summed E-state index contributed by atoms with van der Waals surface area (Å²) in [6.07, 6.45) is 12.4. The molecule has 0 aliphatic heterocycles. The van der Waals surface area contributed by atoms with Gasteiger partial charge in [-0.05, 0) is 48.2 Å². The second kappa shape index (κ2) is 9.90. The minimum atomic E-state index is 0.479. The van der Waals surface area contributed by atoms with E-state index in [1.54, 1.807) is 7.11 Å². The van der Waals surface area contributed by atoms with Crippen molar-refractivity contribution in [2.24, 2.45) is 0 Å². The van der Waals surface area contributed by atoms with Gasteiger partial charge in [-0.1, -0.05) is 67.8 Å². The Morgan fingerprint density at radius 3 is 2.52 bits per heavy atom. The van der Waals surface area contributed by atoms with Crippen LogP contribution in [0.2, 0.25) is 0 Å². The van der Waals surface area contributed by atoms with E-state index >= 15 is 0 Å². The molecule has 1 saturated carbocycles. The summed E-state index contributed by atoms with van der Waals surface area (Å²) in [5.41, 5.74) is 4.36. The number of nitrogens with one attached hydrogen (secondary N) is 1. The first-order valence-electron chi connectivity index (χ1n) is 11.8. The summed E-state index contributed by atoms with van der Waals surface area (Å²) in [5, 5.41) is 9.84. The van der Waals surface area contributed by atoms with Gasteiger partial charge in [0.2, 0.25) is 0 Å². The first-order chi connectivity index (χ1) is 16.3. The lowest BCUT2D eigenvalue weighted by molar-refractivity contribution is 0.414. The van der Waals surface area contributed by atoms with Crippen LogP contribution in [-0.4, -0.2) is 27.9 Å². The molecule has 0 radical (unpaired) electrons. The average Bonchev–Trinajstić information content (AvgIpc) is 3.23. The van der Waals surface area contributed by atoms with E-state index in [2.05, 4.69) is 64.6 Å². The lowest BCUT2D eigenvalue weighted by atomic mass is 9.95. The zero-order valence-electron chi connectivity index (χ0n) is 19.1. The molecule has 0 bridgehead atoms. The maximum absolute atomic E-state index is 5.31. The molecule has 0 amide bonds. The van der Waals surface area contributed by atoms with Crippen LogP contribution in [0.5, 0.6) is 5.75 Å². The molecule has 0 spiro atoms. The molecule has 1 N–H and O–H groups in total. The highest BCUT2D eigenvalue weighted by molar-refractivity contribution is 5.97. The molecule has 1 aliphatic rings. The summed E-state index contributed by atoms with van der Waals surface area (Å²) in [6, 6.07) is 21.1. The Balaban J connectivity index is 1.53. The van der Waals surface area contributed by atoms with E-state index in [1.165, 1.54) is 37.7 Å². The first-order valence-corrected chi connectivity index (χ1v) is 11.8. The molecule has 2 heterocycles. The van der Waals surface area contributed by atoms with E-state index in [9.17, 15) is 0 Å². The molecule has 2 aromatic carbocycles. The monoisotopic (exact) mass is 438 g/mol. The summed E-state index contributed by atoms with van der Waals surface area (Å²) in [6.45, 7) is 0.687. The second-order valence-corrected chi connectivity index (χ2v) is 8.67. The number of pyridine rings is 1. The van der Waals surface area contributed by atoms with Gasteiger partial charge in [-0.2, -0.15) is 5.10 Å². The number of fused-ring (bicyclic) bond motifs is 1. The molecule has 4 aromatic rings. The van der Waals surface area contributed by atoms with Gasteiger partial charge in [-0.15, -0.1) is 0 Å². The highest BCUT2D eigenvalue weighted by Crippen LogP contribution is 2.30. The number of methoxy groups -OCH3 is 1. The Bertz CT molecular complexity index is 1220. The van der Waals surface area contributed by atoms with Gasteiger partial charge in [0.05, 0.1) is 30.3 Å². The zero-order chi connectivity index (χ0) is 22.5. The Labute approximate surface area is 195 Å². The summed E-state index contributed by atoms with van der Waals surface area (Å²) < 4.78 is 7.39. The highest BCUT2D eigenvalue weighted by atomic mass is 16.5. The van der Waals surface area contributed by atoms with Crippen molar-refractivity contribution in [1.29, 1.82) is 0 Å². The van der Waals surface area contributed by atoms with Crippen LogP contribution >= 0.6 is 0 Å². The van der Waals surface area contributed by atoms with Crippen molar-refractivity contribution in [3.05, 3.63) is 83.7 Å². The molecule has 5 nitrogen and oxygen atoms in total. The largest absolute Gasteiger partial charge is 0.497 e. The van der Waals surface area contributed by atoms with Crippen LogP contribution in [0.4, 0.5) is 5.82 Å². The maximum Gasteiger partial charge on any atom is 0.137 e. The third-order valence-corrected chi connectivity index (χ3v) is 6.36. The van der Waals surface area contributed by atoms with Crippen LogP contribution in [0, 0.1) is 0 Å². The van der Waals surface area contributed by atoms with E-state index in [4.69, 9.17) is 14.8 Å². The van der Waals surface area contributed by atoms with Gasteiger partial charge >= 0.3 is 0 Å². The van der Waals surface area contributed by atoms with Crippen molar-refractivity contribution in [2.45, 2.75) is 44.7 Å². The predicted octanol–water partition coefficient (Wildman–Crippen LogP) is 6.40. The molecule has 0 atom stereocenters. The minimum Gasteiger partial charge on any atom is -0.497 e. The van der Waals surface area contributed by atoms with Crippen LogP contribution in [0.3, 0.4) is 0 Å². The van der Waals surface area contributed by atoms with Crippen LogP contribution in [0.1, 0.15) is 48.9 Å². The Morgan fingerprint density at radius 1 is 0.970 bits per heavy atom. The van der Waals surface area contributed by atoms with Gasteiger partial charge < -0.3 is 10.1 Å². The van der Waals surface area contributed by atoms with Gasteiger partial charge in [0.1, 0.15) is 11.6 Å². The molecule has 168 valence electrons. The van der Waals surface area contributed by atoms with Gasteiger partial charge in [0.25, 0.3) is 0 Å². The lowest BCUT2D eigenvalue weighted by Crippen LogP contribution is -2.22. The van der Waals surface area contributed by atoms with E-state index in [0.29, 0.717) is 12.6 Å². The van der Waals surface area contributed by atoms with Crippen LogP contribution in [0.25, 0.3) is 23.1 Å².